The number of rotatable bonds is 6. The molecule has 0 spiro atoms. The van der Waals surface area contributed by atoms with Crippen LogP contribution in [-0.2, 0) is 0 Å². The van der Waals surface area contributed by atoms with Gasteiger partial charge in [0, 0.05) is 12.1 Å². The van der Waals surface area contributed by atoms with Gasteiger partial charge >= 0.3 is 6.03 Å². The Morgan fingerprint density at radius 1 is 1.47 bits per heavy atom. The Kier molecular flexibility index (Phi) is 6.08. The summed E-state index contributed by atoms with van der Waals surface area (Å²) in [4.78, 5) is 12.0. The SMILES string of the molecule is CCCCNC(=O)Nc1c(OC)cccc1C(N)=S. The van der Waals surface area contributed by atoms with E-state index in [9.17, 15) is 4.79 Å². The van der Waals surface area contributed by atoms with E-state index >= 15 is 0 Å². The molecule has 1 aromatic carbocycles. The van der Waals surface area contributed by atoms with Crippen LogP contribution in [0.5, 0.6) is 5.75 Å². The molecule has 0 unspecified atom stereocenters. The fourth-order valence-electron chi connectivity index (χ4n) is 1.57. The van der Waals surface area contributed by atoms with Crippen LogP contribution < -0.4 is 21.1 Å². The first kappa shape index (κ1) is 15.2. The number of para-hydroxylation sites is 1. The second-order valence-electron chi connectivity index (χ2n) is 3.98. The molecule has 1 rings (SSSR count). The summed E-state index contributed by atoms with van der Waals surface area (Å²) in [5.41, 5.74) is 6.72. The number of thiocarbonyl (C=S) groups is 1. The summed E-state index contributed by atoms with van der Waals surface area (Å²) in [6.45, 7) is 2.69. The van der Waals surface area contributed by atoms with E-state index in [4.69, 9.17) is 22.7 Å². The summed E-state index contributed by atoms with van der Waals surface area (Å²) >= 11 is 4.97. The fourth-order valence-corrected chi connectivity index (χ4v) is 1.74. The van der Waals surface area contributed by atoms with Crippen LogP contribution in [-0.4, -0.2) is 24.7 Å². The molecule has 0 saturated heterocycles. The van der Waals surface area contributed by atoms with Crippen molar-refractivity contribution in [3.05, 3.63) is 23.8 Å². The van der Waals surface area contributed by atoms with Crippen LogP contribution in [0.15, 0.2) is 18.2 Å². The third kappa shape index (κ3) is 4.40. The number of benzene rings is 1. The van der Waals surface area contributed by atoms with Gasteiger partial charge in [0.05, 0.1) is 12.8 Å². The lowest BCUT2D eigenvalue weighted by atomic mass is 10.1. The monoisotopic (exact) mass is 281 g/mol. The summed E-state index contributed by atoms with van der Waals surface area (Å²) in [7, 11) is 1.53. The number of urea groups is 1. The van der Waals surface area contributed by atoms with Crippen molar-refractivity contribution in [3.8, 4) is 5.75 Å². The van der Waals surface area contributed by atoms with E-state index in [1.54, 1.807) is 18.2 Å². The van der Waals surface area contributed by atoms with Crippen molar-refractivity contribution in [1.82, 2.24) is 5.32 Å². The molecular weight excluding hydrogens is 262 g/mol. The fraction of sp³-hybridized carbons (Fsp3) is 0.385. The van der Waals surface area contributed by atoms with E-state index in [0.29, 0.717) is 23.5 Å². The minimum atomic E-state index is -0.296. The molecule has 4 N–H and O–H groups in total. The lowest BCUT2D eigenvalue weighted by Crippen LogP contribution is -2.30. The maximum Gasteiger partial charge on any atom is 0.319 e. The van der Waals surface area contributed by atoms with Crippen molar-refractivity contribution in [2.24, 2.45) is 5.73 Å². The number of carbonyl (C=O) groups is 1. The molecule has 0 radical (unpaired) electrons. The normalized spacial score (nSPS) is 9.79. The zero-order chi connectivity index (χ0) is 14.3. The van der Waals surface area contributed by atoms with Gasteiger partial charge in [0.1, 0.15) is 10.7 Å². The Balaban J connectivity index is 2.86. The molecule has 0 fully saturated rings. The van der Waals surface area contributed by atoms with E-state index in [1.807, 2.05) is 0 Å². The number of nitrogens with one attached hydrogen (secondary N) is 2. The van der Waals surface area contributed by atoms with Gasteiger partial charge in [0.25, 0.3) is 0 Å². The van der Waals surface area contributed by atoms with Gasteiger partial charge < -0.3 is 21.1 Å². The Bertz CT molecular complexity index is 463. The zero-order valence-electron chi connectivity index (χ0n) is 11.2. The van der Waals surface area contributed by atoms with Gasteiger partial charge in [-0.25, -0.2) is 4.79 Å². The Morgan fingerprint density at radius 3 is 2.79 bits per heavy atom. The van der Waals surface area contributed by atoms with Crippen LogP contribution in [0.2, 0.25) is 0 Å². The number of hydrogen-bond donors (Lipinski definition) is 3. The first-order valence-electron chi connectivity index (χ1n) is 6.11. The van der Waals surface area contributed by atoms with Gasteiger partial charge in [-0.1, -0.05) is 31.6 Å². The molecule has 1 aromatic rings. The molecule has 19 heavy (non-hydrogen) atoms. The van der Waals surface area contributed by atoms with Gasteiger partial charge in [0.2, 0.25) is 0 Å². The Morgan fingerprint density at radius 2 is 2.21 bits per heavy atom. The average Bonchev–Trinajstić information content (AvgIpc) is 2.39. The summed E-state index contributed by atoms with van der Waals surface area (Å²) < 4.78 is 5.20. The van der Waals surface area contributed by atoms with Crippen molar-refractivity contribution in [2.45, 2.75) is 19.8 Å². The predicted octanol–water partition coefficient (Wildman–Crippen LogP) is 2.25. The highest BCUT2D eigenvalue weighted by Gasteiger charge is 2.13. The first-order valence-corrected chi connectivity index (χ1v) is 6.52. The zero-order valence-corrected chi connectivity index (χ0v) is 12.0. The Labute approximate surface area is 118 Å². The smallest absolute Gasteiger partial charge is 0.319 e. The van der Waals surface area contributed by atoms with Gasteiger partial charge in [-0.15, -0.1) is 0 Å². The third-order valence-corrected chi connectivity index (χ3v) is 2.79. The largest absolute Gasteiger partial charge is 0.495 e. The quantitative estimate of drug-likeness (QED) is 0.552. The first-order chi connectivity index (χ1) is 9.10. The lowest BCUT2D eigenvalue weighted by molar-refractivity contribution is 0.252. The van der Waals surface area contributed by atoms with E-state index < -0.39 is 0 Å². The van der Waals surface area contributed by atoms with E-state index in [-0.39, 0.29) is 11.0 Å². The van der Waals surface area contributed by atoms with Crippen LogP contribution in [0.3, 0.4) is 0 Å². The second-order valence-corrected chi connectivity index (χ2v) is 4.42. The summed E-state index contributed by atoms with van der Waals surface area (Å²) in [5, 5.41) is 5.49. The number of anilines is 1. The molecule has 0 heterocycles. The highest BCUT2D eigenvalue weighted by molar-refractivity contribution is 7.80. The number of methoxy groups -OCH3 is 1. The number of amides is 2. The molecule has 0 saturated carbocycles. The number of unbranched alkanes of at least 4 members (excludes halogenated alkanes) is 1. The highest BCUT2D eigenvalue weighted by Crippen LogP contribution is 2.28. The van der Waals surface area contributed by atoms with E-state index in [1.165, 1.54) is 7.11 Å². The predicted molar refractivity (Wildman–Crippen MR) is 80.8 cm³/mol. The summed E-state index contributed by atoms with van der Waals surface area (Å²) in [6.07, 6.45) is 1.95. The molecule has 0 bridgehead atoms. The second kappa shape index (κ2) is 7.58. The van der Waals surface area contributed by atoms with Crippen LogP contribution in [0.25, 0.3) is 0 Å². The molecular formula is C13H19N3O2S. The van der Waals surface area contributed by atoms with Crippen LogP contribution in [0, 0.1) is 0 Å². The average molecular weight is 281 g/mol. The van der Waals surface area contributed by atoms with E-state index in [2.05, 4.69) is 17.6 Å². The third-order valence-electron chi connectivity index (χ3n) is 2.57. The molecule has 0 aliphatic rings. The lowest BCUT2D eigenvalue weighted by Gasteiger charge is -2.14. The minimum Gasteiger partial charge on any atom is -0.495 e. The number of hydrogen-bond acceptors (Lipinski definition) is 3. The van der Waals surface area contributed by atoms with Gasteiger partial charge in [0.15, 0.2) is 0 Å². The van der Waals surface area contributed by atoms with Crippen molar-refractivity contribution < 1.29 is 9.53 Å². The maximum absolute atomic E-state index is 11.8. The standard InChI is InChI=1S/C13H19N3O2S/c1-3-4-8-15-13(17)16-11-9(12(14)19)6-5-7-10(11)18-2/h5-7H,3-4,8H2,1-2H3,(H2,14,19)(H2,15,16,17). The van der Waals surface area contributed by atoms with E-state index in [0.717, 1.165) is 12.8 Å². The topological polar surface area (TPSA) is 76.4 Å². The van der Waals surface area contributed by atoms with Gasteiger partial charge in [-0.05, 0) is 18.6 Å². The van der Waals surface area contributed by atoms with Crippen LogP contribution in [0.4, 0.5) is 10.5 Å². The van der Waals surface area contributed by atoms with Gasteiger partial charge in [-0.3, -0.25) is 0 Å². The molecule has 6 heteroatoms. The summed E-state index contributed by atoms with van der Waals surface area (Å²) in [6, 6.07) is 4.96. The molecule has 5 nitrogen and oxygen atoms in total. The number of nitrogens with two attached hydrogens (primary N) is 1. The summed E-state index contributed by atoms with van der Waals surface area (Å²) in [5.74, 6) is 0.524. The van der Waals surface area contributed by atoms with Crippen LogP contribution in [0.1, 0.15) is 25.3 Å². The van der Waals surface area contributed by atoms with Crippen molar-refractivity contribution in [1.29, 1.82) is 0 Å². The number of ether oxygens (including phenoxy) is 1. The molecule has 0 aliphatic heterocycles. The molecule has 0 aromatic heterocycles. The molecule has 0 atom stereocenters. The molecule has 0 aliphatic carbocycles. The van der Waals surface area contributed by atoms with Crippen molar-refractivity contribution >= 4 is 28.9 Å². The molecule has 104 valence electrons. The molecule has 2 amide bonds. The van der Waals surface area contributed by atoms with Crippen molar-refractivity contribution in [3.63, 3.8) is 0 Å². The maximum atomic E-state index is 11.8. The minimum absolute atomic E-state index is 0.211. The van der Waals surface area contributed by atoms with Crippen molar-refractivity contribution in [2.75, 3.05) is 19.0 Å². The van der Waals surface area contributed by atoms with Crippen LogP contribution >= 0.6 is 12.2 Å². The Hall–Kier alpha value is -1.82. The highest BCUT2D eigenvalue weighted by atomic mass is 32.1. The number of carbonyl (C=O) groups excluding carboxylic acids is 1. The van der Waals surface area contributed by atoms with Gasteiger partial charge in [-0.2, -0.15) is 0 Å².